The van der Waals surface area contributed by atoms with Crippen LogP contribution < -0.4 is 0 Å². The van der Waals surface area contributed by atoms with Gasteiger partial charge in [0.1, 0.15) is 0 Å². The standard InChI is InChI=1S/C14H10.C12H10/c1-2-6-12-10-14-8-4-3-7-13(14)9-11(12)5-1;1-2-10-7-8-11-5-3-4-6-12(11)9-10/h1-10H;2-9H,1H2. The second-order valence-electron chi connectivity index (χ2n) is 6.36. The molecule has 5 aromatic carbocycles. The van der Waals surface area contributed by atoms with Crippen LogP contribution in [0.25, 0.3) is 38.4 Å². The first kappa shape index (κ1) is 16.1. The molecule has 0 aliphatic heterocycles. The van der Waals surface area contributed by atoms with Crippen molar-refractivity contribution in [2.24, 2.45) is 0 Å². The Morgan fingerprint density at radius 2 is 0.808 bits per heavy atom. The lowest BCUT2D eigenvalue weighted by Crippen LogP contribution is -1.74. The minimum atomic E-state index is 1.17. The molecule has 0 atom stereocenters. The van der Waals surface area contributed by atoms with Crippen molar-refractivity contribution in [3.63, 3.8) is 0 Å². The van der Waals surface area contributed by atoms with Gasteiger partial charge in [-0.2, -0.15) is 0 Å². The summed E-state index contributed by atoms with van der Waals surface area (Å²) in [6.45, 7) is 3.74. The third-order valence-corrected chi connectivity index (χ3v) is 4.62. The fourth-order valence-corrected chi connectivity index (χ4v) is 3.22. The predicted molar refractivity (Wildman–Crippen MR) is 115 cm³/mol. The molecule has 124 valence electrons. The first-order valence-corrected chi connectivity index (χ1v) is 8.82. The number of hydrogen-bond acceptors (Lipinski definition) is 0. The van der Waals surface area contributed by atoms with Gasteiger partial charge in [-0.3, -0.25) is 0 Å². The molecule has 0 fully saturated rings. The normalized spacial score (nSPS) is 10.5. The average molecular weight is 332 g/mol. The Hall–Kier alpha value is -3.38. The first-order valence-electron chi connectivity index (χ1n) is 8.82. The quantitative estimate of drug-likeness (QED) is 0.279. The van der Waals surface area contributed by atoms with E-state index >= 15 is 0 Å². The van der Waals surface area contributed by atoms with Gasteiger partial charge in [0.05, 0.1) is 0 Å². The molecule has 0 N–H and O–H groups in total. The van der Waals surface area contributed by atoms with Crippen molar-refractivity contribution in [1.29, 1.82) is 0 Å². The molecule has 26 heavy (non-hydrogen) atoms. The summed E-state index contributed by atoms with van der Waals surface area (Å²) in [5.74, 6) is 0. The second-order valence-corrected chi connectivity index (χ2v) is 6.36. The van der Waals surface area contributed by atoms with Crippen molar-refractivity contribution in [3.05, 3.63) is 115 Å². The van der Waals surface area contributed by atoms with Gasteiger partial charge in [-0.05, 0) is 56.1 Å². The maximum atomic E-state index is 3.74. The summed E-state index contributed by atoms with van der Waals surface area (Å²) >= 11 is 0. The van der Waals surface area contributed by atoms with Crippen LogP contribution in [0.2, 0.25) is 0 Å². The van der Waals surface area contributed by atoms with Crippen LogP contribution in [-0.4, -0.2) is 0 Å². The van der Waals surface area contributed by atoms with Gasteiger partial charge < -0.3 is 0 Å². The Morgan fingerprint density at radius 1 is 0.423 bits per heavy atom. The summed E-state index contributed by atoms with van der Waals surface area (Å²) < 4.78 is 0. The first-order chi connectivity index (χ1) is 12.8. The minimum Gasteiger partial charge on any atom is -0.0985 e. The van der Waals surface area contributed by atoms with E-state index in [9.17, 15) is 0 Å². The van der Waals surface area contributed by atoms with Crippen LogP contribution in [0.4, 0.5) is 0 Å². The molecule has 0 saturated carbocycles. The zero-order valence-electron chi connectivity index (χ0n) is 14.6. The molecule has 5 aromatic rings. The van der Waals surface area contributed by atoms with Crippen LogP contribution >= 0.6 is 0 Å². The van der Waals surface area contributed by atoms with Crippen LogP contribution in [0.15, 0.2) is 110 Å². The Kier molecular flexibility index (Phi) is 4.49. The molecule has 0 radical (unpaired) electrons. The van der Waals surface area contributed by atoms with Gasteiger partial charge in [0.25, 0.3) is 0 Å². The molecule has 0 amide bonds. The lowest BCUT2D eigenvalue weighted by Gasteiger charge is -2.00. The third kappa shape index (κ3) is 3.36. The summed E-state index contributed by atoms with van der Waals surface area (Å²) in [4.78, 5) is 0. The van der Waals surface area contributed by atoms with Crippen molar-refractivity contribution in [1.82, 2.24) is 0 Å². The van der Waals surface area contributed by atoms with E-state index in [0.29, 0.717) is 0 Å². The lowest BCUT2D eigenvalue weighted by molar-refractivity contribution is 1.71. The van der Waals surface area contributed by atoms with Crippen molar-refractivity contribution in [2.45, 2.75) is 0 Å². The Morgan fingerprint density at radius 3 is 1.23 bits per heavy atom. The van der Waals surface area contributed by atoms with Crippen molar-refractivity contribution < 1.29 is 0 Å². The zero-order valence-corrected chi connectivity index (χ0v) is 14.6. The summed E-state index contributed by atoms with van der Waals surface area (Å²) in [7, 11) is 0. The fourth-order valence-electron chi connectivity index (χ4n) is 3.22. The van der Waals surface area contributed by atoms with Crippen molar-refractivity contribution in [2.75, 3.05) is 0 Å². The average Bonchev–Trinajstić information content (AvgIpc) is 2.72. The minimum absolute atomic E-state index is 1.17. The smallest absolute Gasteiger partial charge is 0.0178 e. The van der Waals surface area contributed by atoms with Crippen LogP contribution in [0.5, 0.6) is 0 Å². The summed E-state index contributed by atoms with van der Waals surface area (Å²) in [6, 6.07) is 36.1. The Labute approximate surface area is 154 Å². The molecule has 0 heteroatoms. The van der Waals surface area contributed by atoms with Gasteiger partial charge in [-0.1, -0.05) is 97.6 Å². The van der Waals surface area contributed by atoms with E-state index in [4.69, 9.17) is 0 Å². The highest BCUT2D eigenvalue weighted by Crippen LogP contribution is 2.22. The van der Waals surface area contributed by atoms with Gasteiger partial charge >= 0.3 is 0 Å². The summed E-state index contributed by atoms with van der Waals surface area (Å²) in [5.41, 5.74) is 1.17. The van der Waals surface area contributed by atoms with Crippen LogP contribution in [0.3, 0.4) is 0 Å². The molecular weight excluding hydrogens is 312 g/mol. The molecular formula is C26H20. The lowest BCUT2D eigenvalue weighted by atomic mass is 10.0. The van der Waals surface area contributed by atoms with Crippen molar-refractivity contribution >= 4 is 38.4 Å². The topological polar surface area (TPSA) is 0 Å². The molecule has 0 spiro atoms. The van der Waals surface area contributed by atoms with E-state index in [1.807, 2.05) is 6.08 Å². The largest absolute Gasteiger partial charge is 0.0985 e. The Balaban J connectivity index is 0.000000131. The van der Waals surface area contributed by atoms with E-state index in [1.54, 1.807) is 0 Å². The van der Waals surface area contributed by atoms with Gasteiger partial charge in [0.2, 0.25) is 0 Å². The van der Waals surface area contributed by atoms with Gasteiger partial charge in [-0.25, -0.2) is 0 Å². The van der Waals surface area contributed by atoms with Crippen LogP contribution in [0, 0.1) is 0 Å². The van der Waals surface area contributed by atoms with E-state index in [1.165, 1.54) is 37.9 Å². The van der Waals surface area contributed by atoms with E-state index in [2.05, 4.69) is 110 Å². The molecule has 0 aliphatic rings. The highest BCUT2D eigenvalue weighted by atomic mass is 14.0. The van der Waals surface area contributed by atoms with E-state index in [0.717, 1.165) is 0 Å². The number of hydrogen-bond donors (Lipinski definition) is 0. The third-order valence-electron chi connectivity index (χ3n) is 4.62. The van der Waals surface area contributed by atoms with Gasteiger partial charge in [0, 0.05) is 0 Å². The monoisotopic (exact) mass is 332 g/mol. The summed E-state index contributed by atoms with van der Waals surface area (Å²) in [5, 5.41) is 7.80. The molecule has 0 aliphatic carbocycles. The molecule has 0 nitrogen and oxygen atoms in total. The molecule has 0 aromatic heterocycles. The molecule has 0 heterocycles. The molecule has 0 unspecified atom stereocenters. The summed E-state index contributed by atoms with van der Waals surface area (Å²) in [6.07, 6.45) is 1.87. The highest BCUT2D eigenvalue weighted by molar-refractivity contribution is 5.98. The number of rotatable bonds is 1. The van der Waals surface area contributed by atoms with E-state index < -0.39 is 0 Å². The van der Waals surface area contributed by atoms with Crippen molar-refractivity contribution in [3.8, 4) is 0 Å². The second kappa shape index (κ2) is 7.25. The maximum absolute atomic E-state index is 3.74. The van der Waals surface area contributed by atoms with Gasteiger partial charge in [-0.15, -0.1) is 0 Å². The molecule has 0 bridgehead atoms. The molecule has 0 saturated heterocycles. The molecule has 5 rings (SSSR count). The maximum Gasteiger partial charge on any atom is -0.0178 e. The number of fused-ring (bicyclic) bond motifs is 3. The zero-order chi connectivity index (χ0) is 17.8. The Bertz CT molecular complexity index is 1090. The predicted octanol–water partition coefficient (Wildman–Crippen LogP) is 7.48. The number of benzene rings is 5. The highest BCUT2D eigenvalue weighted by Gasteiger charge is 1.95. The fraction of sp³-hybridized carbons (Fsp3) is 0. The van der Waals surface area contributed by atoms with Crippen LogP contribution in [0.1, 0.15) is 5.56 Å². The van der Waals surface area contributed by atoms with E-state index in [-0.39, 0.29) is 0 Å². The van der Waals surface area contributed by atoms with Crippen LogP contribution in [-0.2, 0) is 0 Å². The van der Waals surface area contributed by atoms with Gasteiger partial charge in [0.15, 0.2) is 0 Å². The SMILES string of the molecule is C=Cc1ccc2ccccc2c1.c1ccc2cc3ccccc3cc2c1.